The smallest absolute Gasteiger partial charge is 0.423 e. The van der Waals surface area contributed by atoms with Crippen molar-refractivity contribution in [3.8, 4) is 11.3 Å². The summed E-state index contributed by atoms with van der Waals surface area (Å²) < 4.78 is 0.937. The lowest BCUT2D eigenvalue weighted by molar-refractivity contribution is 0.426. The van der Waals surface area contributed by atoms with E-state index in [2.05, 4.69) is 20.9 Å². The molecule has 0 bridgehead atoms. The molecule has 2 rings (SSSR count). The summed E-state index contributed by atoms with van der Waals surface area (Å²) >= 11 is 3.37. The monoisotopic (exact) mass is 277 g/mol. The first kappa shape index (κ1) is 11.3. The molecular weight excluding hydrogens is 269 g/mol. The van der Waals surface area contributed by atoms with Gasteiger partial charge in [0.2, 0.25) is 0 Å². The van der Waals surface area contributed by atoms with Crippen molar-refractivity contribution in [3.05, 3.63) is 47.1 Å². The summed E-state index contributed by atoms with van der Waals surface area (Å²) in [7, 11) is -1.45. The fourth-order valence-corrected chi connectivity index (χ4v) is 1.76. The highest BCUT2D eigenvalue weighted by molar-refractivity contribution is 9.10. The van der Waals surface area contributed by atoms with Gasteiger partial charge in [0, 0.05) is 10.7 Å². The van der Waals surface area contributed by atoms with Gasteiger partial charge in [-0.1, -0.05) is 40.2 Å². The van der Waals surface area contributed by atoms with E-state index in [4.69, 9.17) is 10.0 Å². The molecule has 0 aliphatic carbocycles. The predicted molar refractivity (Wildman–Crippen MR) is 67.2 cm³/mol. The molecule has 1 aromatic carbocycles. The summed E-state index contributed by atoms with van der Waals surface area (Å²) in [5.74, 6) is 0. The van der Waals surface area contributed by atoms with E-state index < -0.39 is 7.12 Å². The van der Waals surface area contributed by atoms with Gasteiger partial charge < -0.3 is 10.0 Å². The Kier molecular flexibility index (Phi) is 3.38. The second-order valence-electron chi connectivity index (χ2n) is 3.36. The maximum absolute atomic E-state index is 9.08. The lowest BCUT2D eigenvalue weighted by Crippen LogP contribution is -2.29. The molecule has 1 aromatic heterocycles. The number of halogens is 1. The molecule has 0 saturated carbocycles. The Balaban J connectivity index is 2.44. The molecule has 0 spiro atoms. The van der Waals surface area contributed by atoms with Crippen molar-refractivity contribution in [3.63, 3.8) is 0 Å². The molecule has 0 aliphatic rings. The van der Waals surface area contributed by atoms with Gasteiger partial charge in [-0.25, -0.2) is 0 Å². The van der Waals surface area contributed by atoms with Crippen LogP contribution in [0.5, 0.6) is 0 Å². The molecule has 0 fully saturated rings. The number of rotatable bonds is 2. The molecular formula is C11H9BBrNO2. The summed E-state index contributed by atoms with van der Waals surface area (Å²) in [6.45, 7) is 0. The van der Waals surface area contributed by atoms with E-state index in [1.54, 1.807) is 24.4 Å². The zero-order valence-electron chi connectivity index (χ0n) is 8.34. The highest BCUT2D eigenvalue weighted by atomic mass is 79.9. The Labute approximate surface area is 102 Å². The fourth-order valence-electron chi connectivity index (χ4n) is 1.42. The zero-order valence-corrected chi connectivity index (χ0v) is 9.92. The average Bonchev–Trinajstić information content (AvgIpc) is 2.29. The molecule has 16 heavy (non-hydrogen) atoms. The van der Waals surface area contributed by atoms with E-state index in [-0.39, 0.29) is 0 Å². The van der Waals surface area contributed by atoms with E-state index in [0.717, 1.165) is 15.7 Å². The minimum atomic E-state index is -1.45. The van der Waals surface area contributed by atoms with Crippen LogP contribution >= 0.6 is 15.9 Å². The Morgan fingerprint density at radius 1 is 1.12 bits per heavy atom. The normalized spacial score (nSPS) is 10.2. The van der Waals surface area contributed by atoms with Gasteiger partial charge in [-0.3, -0.25) is 4.98 Å². The van der Waals surface area contributed by atoms with Crippen molar-refractivity contribution in [2.75, 3.05) is 0 Å². The van der Waals surface area contributed by atoms with Crippen molar-refractivity contribution < 1.29 is 10.0 Å². The molecule has 1 heterocycles. The van der Waals surface area contributed by atoms with Crippen LogP contribution < -0.4 is 5.46 Å². The molecule has 0 atom stereocenters. The van der Waals surface area contributed by atoms with Crippen molar-refractivity contribution in [1.29, 1.82) is 0 Å². The molecule has 0 aliphatic heterocycles. The second-order valence-corrected chi connectivity index (χ2v) is 4.27. The Morgan fingerprint density at radius 2 is 1.94 bits per heavy atom. The van der Waals surface area contributed by atoms with Crippen molar-refractivity contribution in [2.24, 2.45) is 0 Å². The van der Waals surface area contributed by atoms with Gasteiger partial charge >= 0.3 is 7.12 Å². The van der Waals surface area contributed by atoms with Crippen LogP contribution in [0, 0.1) is 0 Å². The summed E-state index contributed by atoms with van der Waals surface area (Å²) in [5.41, 5.74) is 2.10. The number of hydrogen-bond donors (Lipinski definition) is 2. The van der Waals surface area contributed by atoms with E-state index in [1.807, 2.05) is 18.2 Å². The summed E-state index contributed by atoms with van der Waals surface area (Å²) in [5, 5.41) is 18.2. The number of hydrogen-bond acceptors (Lipinski definition) is 3. The third-order valence-corrected chi connectivity index (χ3v) is 2.70. The van der Waals surface area contributed by atoms with Gasteiger partial charge in [0.1, 0.15) is 0 Å². The number of aromatic nitrogens is 1. The SMILES string of the molecule is OB(O)c1cccc(-c2cc(Br)ccn2)c1. The lowest BCUT2D eigenvalue weighted by atomic mass is 9.79. The molecule has 0 amide bonds. The minimum Gasteiger partial charge on any atom is -0.423 e. The van der Waals surface area contributed by atoms with E-state index >= 15 is 0 Å². The molecule has 0 saturated heterocycles. The first-order chi connectivity index (χ1) is 7.66. The third-order valence-electron chi connectivity index (χ3n) is 2.20. The van der Waals surface area contributed by atoms with Crippen LogP contribution in [0.3, 0.4) is 0 Å². The van der Waals surface area contributed by atoms with Gasteiger partial charge in [-0.15, -0.1) is 0 Å². The standard InChI is InChI=1S/C11H9BBrNO2/c13-10-4-5-14-11(7-10)8-2-1-3-9(6-8)12(15)16/h1-7,15-16H. The lowest BCUT2D eigenvalue weighted by Gasteiger charge is -2.04. The van der Waals surface area contributed by atoms with Crippen LogP contribution in [0.25, 0.3) is 11.3 Å². The van der Waals surface area contributed by atoms with Gasteiger partial charge in [0.15, 0.2) is 0 Å². The van der Waals surface area contributed by atoms with Crippen LogP contribution in [0.1, 0.15) is 0 Å². The van der Waals surface area contributed by atoms with Crippen molar-refractivity contribution in [1.82, 2.24) is 4.98 Å². The highest BCUT2D eigenvalue weighted by Crippen LogP contribution is 2.19. The van der Waals surface area contributed by atoms with Crippen LogP contribution in [0.4, 0.5) is 0 Å². The van der Waals surface area contributed by atoms with Gasteiger partial charge in [0.25, 0.3) is 0 Å². The third kappa shape index (κ3) is 2.50. The number of benzene rings is 1. The van der Waals surface area contributed by atoms with E-state index in [9.17, 15) is 0 Å². The predicted octanol–water partition coefficient (Wildman–Crippen LogP) is 1.19. The average molecular weight is 278 g/mol. The van der Waals surface area contributed by atoms with Gasteiger partial charge in [-0.2, -0.15) is 0 Å². The first-order valence-corrected chi connectivity index (χ1v) is 5.54. The highest BCUT2D eigenvalue weighted by Gasteiger charge is 2.11. The van der Waals surface area contributed by atoms with Crippen LogP contribution in [-0.4, -0.2) is 22.2 Å². The largest absolute Gasteiger partial charge is 0.488 e. The Bertz CT molecular complexity index is 505. The quantitative estimate of drug-likeness (QED) is 0.811. The topological polar surface area (TPSA) is 53.4 Å². The second kappa shape index (κ2) is 4.78. The molecule has 0 radical (unpaired) electrons. The van der Waals surface area contributed by atoms with E-state index in [0.29, 0.717) is 5.46 Å². The van der Waals surface area contributed by atoms with Crippen LogP contribution in [-0.2, 0) is 0 Å². The maximum atomic E-state index is 9.08. The molecule has 0 unspecified atom stereocenters. The molecule has 2 aromatic rings. The van der Waals surface area contributed by atoms with Gasteiger partial charge in [0.05, 0.1) is 5.69 Å². The molecule has 80 valence electrons. The Hall–Kier alpha value is -1.17. The number of nitrogens with zero attached hydrogens (tertiary/aromatic N) is 1. The maximum Gasteiger partial charge on any atom is 0.488 e. The zero-order chi connectivity index (χ0) is 11.5. The number of pyridine rings is 1. The van der Waals surface area contributed by atoms with E-state index in [1.165, 1.54) is 0 Å². The van der Waals surface area contributed by atoms with Crippen LogP contribution in [0.2, 0.25) is 0 Å². The first-order valence-electron chi connectivity index (χ1n) is 4.75. The molecule has 2 N–H and O–H groups in total. The summed E-state index contributed by atoms with van der Waals surface area (Å²) in [6, 6.07) is 10.7. The molecule has 3 nitrogen and oxygen atoms in total. The fraction of sp³-hybridized carbons (Fsp3) is 0. The van der Waals surface area contributed by atoms with Gasteiger partial charge in [-0.05, 0) is 23.2 Å². The van der Waals surface area contributed by atoms with Crippen molar-refractivity contribution >= 4 is 28.5 Å². The summed E-state index contributed by atoms with van der Waals surface area (Å²) in [4.78, 5) is 4.22. The minimum absolute atomic E-state index is 0.458. The van der Waals surface area contributed by atoms with Crippen LogP contribution in [0.15, 0.2) is 47.1 Å². The Morgan fingerprint density at radius 3 is 2.62 bits per heavy atom. The summed E-state index contributed by atoms with van der Waals surface area (Å²) in [6.07, 6.45) is 1.70. The van der Waals surface area contributed by atoms with Crippen molar-refractivity contribution in [2.45, 2.75) is 0 Å². The molecule has 5 heteroatoms.